The van der Waals surface area contributed by atoms with Crippen LogP contribution in [0.15, 0.2) is 22.7 Å². The normalized spacial score (nSPS) is 14.6. The molecule has 1 aromatic rings. The number of ether oxygens (including phenoxy) is 1. The van der Waals surface area contributed by atoms with Crippen molar-refractivity contribution in [3.63, 3.8) is 0 Å². The molecule has 0 unspecified atom stereocenters. The van der Waals surface area contributed by atoms with E-state index in [0.717, 1.165) is 35.8 Å². The fourth-order valence-electron chi connectivity index (χ4n) is 1.88. The van der Waals surface area contributed by atoms with E-state index >= 15 is 0 Å². The molecule has 2 nitrogen and oxygen atoms in total. The van der Waals surface area contributed by atoms with Crippen molar-refractivity contribution in [2.24, 2.45) is 0 Å². The van der Waals surface area contributed by atoms with Gasteiger partial charge in [-0.1, -0.05) is 19.1 Å². The number of benzene rings is 1. The second-order valence-electron chi connectivity index (χ2n) is 4.78. The van der Waals surface area contributed by atoms with E-state index in [9.17, 15) is 0 Å². The first-order valence-corrected chi connectivity index (χ1v) is 8.97. The zero-order chi connectivity index (χ0) is 13.5. The Bertz CT molecular complexity index is 396. The Morgan fingerprint density at radius 3 is 3.00 bits per heavy atom. The number of nitrogens with one attached hydrogen (secondary N) is 1. The molecule has 0 saturated heterocycles. The van der Waals surface area contributed by atoms with Gasteiger partial charge in [0.2, 0.25) is 0 Å². The molecule has 0 radical (unpaired) electrons. The molecule has 19 heavy (non-hydrogen) atoms. The van der Waals surface area contributed by atoms with E-state index < -0.39 is 0 Å². The zero-order valence-electron chi connectivity index (χ0n) is 11.5. The van der Waals surface area contributed by atoms with Gasteiger partial charge < -0.3 is 10.1 Å². The Kier molecular flexibility index (Phi) is 6.54. The number of para-hydroxylation sites is 1. The van der Waals surface area contributed by atoms with E-state index in [1.54, 1.807) is 0 Å². The molecule has 2 rings (SSSR count). The molecule has 1 aromatic carbocycles. The summed E-state index contributed by atoms with van der Waals surface area (Å²) in [6.07, 6.45) is 3.74. The van der Waals surface area contributed by atoms with Crippen molar-refractivity contribution in [2.45, 2.75) is 38.8 Å². The number of halogens is 1. The van der Waals surface area contributed by atoms with Gasteiger partial charge in [-0.25, -0.2) is 0 Å². The lowest BCUT2D eigenvalue weighted by molar-refractivity contribution is 0.312. The molecular formula is C15H22BrNOS. The predicted molar refractivity (Wildman–Crippen MR) is 87.1 cm³/mol. The first-order valence-electron chi connectivity index (χ1n) is 7.02. The van der Waals surface area contributed by atoms with Gasteiger partial charge in [-0.2, -0.15) is 11.8 Å². The van der Waals surface area contributed by atoms with Gasteiger partial charge in [0.1, 0.15) is 5.75 Å². The third kappa shape index (κ3) is 5.36. The maximum Gasteiger partial charge on any atom is 0.137 e. The first-order chi connectivity index (χ1) is 9.31. The van der Waals surface area contributed by atoms with Crippen molar-refractivity contribution in [1.29, 1.82) is 0 Å². The first kappa shape index (κ1) is 15.2. The predicted octanol–water partition coefficient (Wildman–Crippen LogP) is 4.22. The van der Waals surface area contributed by atoms with Gasteiger partial charge in [0.25, 0.3) is 0 Å². The third-order valence-electron chi connectivity index (χ3n) is 3.09. The van der Waals surface area contributed by atoms with Crippen LogP contribution in [0, 0.1) is 0 Å². The number of hydrogen-bond donors (Lipinski definition) is 1. The molecule has 1 aliphatic carbocycles. The lowest BCUT2D eigenvalue weighted by atomic mass is 10.2. The highest BCUT2D eigenvalue weighted by Crippen LogP contribution is 2.30. The van der Waals surface area contributed by atoms with E-state index in [1.807, 2.05) is 11.8 Å². The van der Waals surface area contributed by atoms with Gasteiger partial charge in [0.15, 0.2) is 0 Å². The quantitative estimate of drug-likeness (QED) is 0.678. The highest BCUT2D eigenvalue weighted by Gasteiger charge is 2.20. The van der Waals surface area contributed by atoms with Gasteiger partial charge in [-0.15, -0.1) is 0 Å². The smallest absolute Gasteiger partial charge is 0.137 e. The van der Waals surface area contributed by atoms with Crippen molar-refractivity contribution >= 4 is 27.7 Å². The molecule has 0 aliphatic heterocycles. The molecule has 1 aliphatic rings. The van der Waals surface area contributed by atoms with Crippen LogP contribution in [-0.2, 0) is 6.54 Å². The van der Waals surface area contributed by atoms with E-state index in [0.29, 0.717) is 0 Å². The van der Waals surface area contributed by atoms with Crippen molar-refractivity contribution in [1.82, 2.24) is 5.32 Å². The number of rotatable bonds is 9. The van der Waals surface area contributed by atoms with E-state index in [4.69, 9.17) is 4.74 Å². The molecule has 0 amide bonds. The van der Waals surface area contributed by atoms with Crippen molar-refractivity contribution < 1.29 is 4.74 Å². The average Bonchev–Trinajstić information content (AvgIpc) is 3.22. The molecule has 0 bridgehead atoms. The fraction of sp³-hybridized carbons (Fsp3) is 0.600. The molecule has 4 heteroatoms. The summed E-state index contributed by atoms with van der Waals surface area (Å²) in [7, 11) is 0. The van der Waals surface area contributed by atoms with Crippen LogP contribution in [0.25, 0.3) is 0 Å². The number of thioether (sulfide) groups is 1. The highest BCUT2D eigenvalue weighted by molar-refractivity contribution is 9.10. The van der Waals surface area contributed by atoms with Crippen molar-refractivity contribution in [3.05, 3.63) is 28.2 Å². The Balaban J connectivity index is 1.84. The Hall–Kier alpha value is -0.190. The Morgan fingerprint density at radius 2 is 2.26 bits per heavy atom. The van der Waals surface area contributed by atoms with Crippen molar-refractivity contribution in [2.75, 3.05) is 18.1 Å². The molecule has 1 N–H and O–H groups in total. The molecule has 1 fully saturated rings. The van der Waals surface area contributed by atoms with Gasteiger partial charge in [0.05, 0.1) is 11.1 Å². The van der Waals surface area contributed by atoms with Crippen LogP contribution in [0.1, 0.15) is 31.7 Å². The summed E-state index contributed by atoms with van der Waals surface area (Å²) in [6.45, 7) is 3.90. The van der Waals surface area contributed by atoms with Gasteiger partial charge in [0, 0.05) is 18.2 Å². The molecule has 106 valence electrons. The summed E-state index contributed by atoms with van der Waals surface area (Å²) < 4.78 is 7.03. The second kappa shape index (κ2) is 8.18. The van der Waals surface area contributed by atoms with Crippen molar-refractivity contribution in [3.8, 4) is 5.75 Å². The zero-order valence-corrected chi connectivity index (χ0v) is 13.9. The topological polar surface area (TPSA) is 21.3 Å². The summed E-state index contributed by atoms with van der Waals surface area (Å²) in [4.78, 5) is 0. The minimum absolute atomic E-state index is 0.729. The maximum atomic E-state index is 5.97. The van der Waals surface area contributed by atoms with Crippen LogP contribution < -0.4 is 10.1 Å². The molecule has 0 spiro atoms. The minimum atomic E-state index is 0.729. The number of hydrogen-bond acceptors (Lipinski definition) is 3. The maximum absolute atomic E-state index is 5.97. The molecule has 0 aromatic heterocycles. The summed E-state index contributed by atoms with van der Waals surface area (Å²) in [5, 5.41) is 3.55. The highest BCUT2D eigenvalue weighted by atomic mass is 79.9. The van der Waals surface area contributed by atoms with Crippen LogP contribution in [0.2, 0.25) is 0 Å². The van der Waals surface area contributed by atoms with Crippen LogP contribution in [-0.4, -0.2) is 24.2 Å². The molecule has 0 atom stereocenters. The lowest BCUT2D eigenvalue weighted by Crippen LogP contribution is -2.16. The van der Waals surface area contributed by atoms with Gasteiger partial charge in [-0.05, 0) is 52.8 Å². The summed E-state index contributed by atoms with van der Waals surface area (Å²) in [6, 6.07) is 7.01. The molecule has 0 heterocycles. The minimum Gasteiger partial charge on any atom is -0.492 e. The average molecular weight is 344 g/mol. The van der Waals surface area contributed by atoms with Gasteiger partial charge in [-0.3, -0.25) is 0 Å². The van der Waals surface area contributed by atoms with Crippen LogP contribution in [0.4, 0.5) is 0 Å². The molecule has 1 saturated carbocycles. The lowest BCUT2D eigenvalue weighted by Gasteiger charge is -2.13. The SMILES string of the molecule is CCSCCCOc1c(Br)cccc1CNC1CC1. The van der Waals surface area contributed by atoms with E-state index in [-0.39, 0.29) is 0 Å². The van der Waals surface area contributed by atoms with Crippen LogP contribution in [0.5, 0.6) is 5.75 Å². The third-order valence-corrected chi connectivity index (χ3v) is 4.70. The largest absolute Gasteiger partial charge is 0.492 e. The summed E-state index contributed by atoms with van der Waals surface area (Å²) in [5.74, 6) is 3.37. The second-order valence-corrected chi connectivity index (χ2v) is 7.03. The Labute approximate surface area is 128 Å². The monoisotopic (exact) mass is 343 g/mol. The van der Waals surface area contributed by atoms with Crippen LogP contribution in [0.3, 0.4) is 0 Å². The summed E-state index contributed by atoms with van der Waals surface area (Å²) in [5.41, 5.74) is 1.25. The van der Waals surface area contributed by atoms with E-state index in [1.165, 1.54) is 29.9 Å². The van der Waals surface area contributed by atoms with Crippen LogP contribution >= 0.6 is 27.7 Å². The summed E-state index contributed by atoms with van der Waals surface area (Å²) >= 11 is 5.56. The standard InChI is InChI=1S/C15H22BrNOS/c1-2-19-10-4-9-18-15-12(5-3-6-14(15)16)11-17-13-7-8-13/h3,5-6,13,17H,2,4,7-11H2,1H3. The molecular weight excluding hydrogens is 322 g/mol. The van der Waals surface area contributed by atoms with E-state index in [2.05, 4.69) is 46.4 Å². The Morgan fingerprint density at radius 1 is 1.42 bits per heavy atom. The fourth-order valence-corrected chi connectivity index (χ4v) is 3.01. The van der Waals surface area contributed by atoms with Gasteiger partial charge >= 0.3 is 0 Å².